The maximum Gasteiger partial charge on any atom is 0.338 e. The molecule has 116 valence electrons. The third-order valence-corrected chi connectivity index (χ3v) is 3.75. The number of hydroxylamine groups is 2. The molecular weight excluding hydrogens is 275 g/mol. The molecule has 0 aliphatic carbocycles. The molecule has 1 aliphatic heterocycles. The molecule has 2 atom stereocenters. The first-order valence-electron chi connectivity index (χ1n) is 7.23. The van der Waals surface area contributed by atoms with Crippen molar-refractivity contribution in [2.24, 2.45) is 5.73 Å². The van der Waals surface area contributed by atoms with Crippen LogP contribution in [-0.2, 0) is 4.74 Å². The van der Waals surface area contributed by atoms with E-state index < -0.39 is 6.03 Å². The molecule has 1 fully saturated rings. The van der Waals surface area contributed by atoms with Crippen LogP contribution in [0.5, 0.6) is 0 Å². The number of hydrogen-bond acceptors (Lipinski definition) is 3. The maximum atomic E-state index is 12.9. The van der Waals surface area contributed by atoms with Crippen LogP contribution in [0.4, 0.5) is 9.18 Å². The number of rotatable bonds is 6. The van der Waals surface area contributed by atoms with Gasteiger partial charge in [-0.1, -0.05) is 12.1 Å². The third-order valence-electron chi connectivity index (χ3n) is 3.75. The molecule has 2 rings (SSSR count). The van der Waals surface area contributed by atoms with Gasteiger partial charge in [-0.05, 0) is 49.8 Å². The Bertz CT molecular complexity index is 466. The number of primary amides is 1. The highest BCUT2D eigenvalue weighted by molar-refractivity contribution is 5.70. The number of amides is 2. The van der Waals surface area contributed by atoms with E-state index in [0.717, 1.165) is 31.2 Å². The Morgan fingerprint density at radius 2 is 2.05 bits per heavy atom. The largest absolute Gasteiger partial charge is 0.370 e. The quantitative estimate of drug-likeness (QED) is 0.481. The summed E-state index contributed by atoms with van der Waals surface area (Å²) in [5.41, 5.74) is 5.93. The Balaban J connectivity index is 1.68. The second kappa shape index (κ2) is 7.38. The molecule has 0 spiro atoms. The highest BCUT2D eigenvalue weighted by Crippen LogP contribution is 2.34. The predicted octanol–water partition coefficient (Wildman–Crippen LogP) is 2.99. The summed E-state index contributed by atoms with van der Waals surface area (Å²) in [6.45, 7) is 0.240. The number of benzene rings is 1. The minimum atomic E-state index is -0.830. The topological polar surface area (TPSA) is 75.8 Å². The minimum Gasteiger partial charge on any atom is -0.370 e. The lowest BCUT2D eigenvalue weighted by atomic mass is 10.0. The van der Waals surface area contributed by atoms with Crippen molar-refractivity contribution in [2.75, 3.05) is 6.54 Å². The monoisotopic (exact) mass is 296 g/mol. The Hall–Kier alpha value is -1.66. The molecule has 3 N–H and O–H groups in total. The van der Waals surface area contributed by atoms with Crippen molar-refractivity contribution in [3.8, 4) is 0 Å². The summed E-state index contributed by atoms with van der Waals surface area (Å²) in [6.07, 6.45) is 4.54. The fourth-order valence-corrected chi connectivity index (χ4v) is 2.58. The summed E-state index contributed by atoms with van der Waals surface area (Å²) in [6, 6.07) is 5.60. The van der Waals surface area contributed by atoms with Crippen molar-refractivity contribution in [3.05, 3.63) is 35.6 Å². The van der Waals surface area contributed by atoms with Gasteiger partial charge in [-0.3, -0.25) is 5.21 Å². The molecule has 1 aliphatic rings. The fourth-order valence-electron chi connectivity index (χ4n) is 2.58. The zero-order valence-corrected chi connectivity index (χ0v) is 11.9. The van der Waals surface area contributed by atoms with Gasteiger partial charge in [0.2, 0.25) is 0 Å². The van der Waals surface area contributed by atoms with E-state index in [2.05, 4.69) is 0 Å². The smallest absolute Gasteiger partial charge is 0.338 e. The number of ether oxygens (including phenoxy) is 1. The van der Waals surface area contributed by atoms with E-state index in [4.69, 9.17) is 15.7 Å². The highest BCUT2D eigenvalue weighted by Gasteiger charge is 2.26. The van der Waals surface area contributed by atoms with Crippen LogP contribution in [0.1, 0.15) is 43.8 Å². The molecule has 0 bridgehead atoms. The predicted molar refractivity (Wildman–Crippen MR) is 75.2 cm³/mol. The van der Waals surface area contributed by atoms with Gasteiger partial charge >= 0.3 is 6.03 Å². The molecule has 2 amide bonds. The molecule has 1 heterocycles. The lowest BCUT2D eigenvalue weighted by Crippen LogP contribution is -2.33. The second-order valence-corrected chi connectivity index (χ2v) is 5.33. The lowest BCUT2D eigenvalue weighted by molar-refractivity contribution is -0.0412. The first-order chi connectivity index (χ1) is 10.1. The Morgan fingerprint density at radius 3 is 2.71 bits per heavy atom. The molecule has 21 heavy (non-hydrogen) atoms. The molecule has 1 saturated heterocycles. The summed E-state index contributed by atoms with van der Waals surface area (Å²) in [5, 5.41) is 9.65. The SMILES string of the molecule is NC(=O)N(O)CCCC[C@@H]1CCC(c2ccc(F)cc2)O1. The number of unbranched alkanes of at least 4 members (excludes halogenated alkanes) is 1. The van der Waals surface area contributed by atoms with E-state index in [1.54, 1.807) is 12.1 Å². The number of hydrogen-bond donors (Lipinski definition) is 2. The van der Waals surface area contributed by atoms with Crippen molar-refractivity contribution in [3.63, 3.8) is 0 Å². The average molecular weight is 296 g/mol. The number of nitrogens with zero attached hydrogens (tertiary/aromatic N) is 1. The zero-order valence-electron chi connectivity index (χ0n) is 11.9. The van der Waals surface area contributed by atoms with Gasteiger partial charge in [-0.15, -0.1) is 0 Å². The van der Waals surface area contributed by atoms with E-state index in [0.29, 0.717) is 11.5 Å². The lowest BCUT2D eigenvalue weighted by Gasteiger charge is -2.15. The Morgan fingerprint density at radius 1 is 1.33 bits per heavy atom. The first kappa shape index (κ1) is 15.7. The molecule has 6 heteroatoms. The standard InChI is InChI=1S/C15H21FN2O3/c16-12-6-4-11(5-7-12)14-9-8-13(21-14)3-1-2-10-18(20)15(17)19/h4-7,13-14,20H,1-3,8-10H2,(H2,17,19)/t13-,14?/m1/s1. The van der Waals surface area contributed by atoms with Crippen molar-refractivity contribution in [1.82, 2.24) is 5.06 Å². The van der Waals surface area contributed by atoms with E-state index >= 15 is 0 Å². The first-order valence-corrected chi connectivity index (χ1v) is 7.23. The van der Waals surface area contributed by atoms with E-state index in [1.807, 2.05) is 0 Å². The molecule has 1 unspecified atom stereocenters. The number of nitrogens with two attached hydrogens (primary N) is 1. The van der Waals surface area contributed by atoms with Crippen LogP contribution < -0.4 is 5.73 Å². The molecule has 0 radical (unpaired) electrons. The molecule has 1 aromatic rings. The van der Waals surface area contributed by atoms with Crippen LogP contribution in [0, 0.1) is 5.82 Å². The number of halogens is 1. The summed E-state index contributed by atoms with van der Waals surface area (Å²) in [4.78, 5) is 10.6. The van der Waals surface area contributed by atoms with Gasteiger partial charge in [0.05, 0.1) is 18.8 Å². The van der Waals surface area contributed by atoms with Crippen LogP contribution in [0.2, 0.25) is 0 Å². The van der Waals surface area contributed by atoms with E-state index in [-0.39, 0.29) is 24.6 Å². The van der Waals surface area contributed by atoms with Crippen LogP contribution in [-0.4, -0.2) is 29.0 Å². The van der Waals surface area contributed by atoms with E-state index in [9.17, 15) is 9.18 Å². The van der Waals surface area contributed by atoms with Crippen molar-refractivity contribution in [1.29, 1.82) is 0 Å². The van der Waals surface area contributed by atoms with Crippen LogP contribution >= 0.6 is 0 Å². The van der Waals surface area contributed by atoms with Gasteiger partial charge in [0.15, 0.2) is 0 Å². The summed E-state index contributed by atoms with van der Waals surface area (Å²) >= 11 is 0. The highest BCUT2D eigenvalue weighted by atomic mass is 19.1. The number of carbonyl (C=O) groups is 1. The molecule has 0 saturated carbocycles. The fraction of sp³-hybridized carbons (Fsp3) is 0.533. The zero-order chi connectivity index (χ0) is 15.2. The Kier molecular flexibility index (Phi) is 5.52. The average Bonchev–Trinajstić information content (AvgIpc) is 2.93. The van der Waals surface area contributed by atoms with Gasteiger partial charge in [-0.2, -0.15) is 0 Å². The van der Waals surface area contributed by atoms with Crippen molar-refractivity contribution >= 4 is 6.03 Å². The van der Waals surface area contributed by atoms with Gasteiger partial charge in [0.1, 0.15) is 5.82 Å². The summed E-state index contributed by atoms with van der Waals surface area (Å²) < 4.78 is 18.8. The molecule has 0 aromatic heterocycles. The van der Waals surface area contributed by atoms with Gasteiger partial charge in [0, 0.05) is 0 Å². The van der Waals surface area contributed by atoms with Crippen LogP contribution in [0.3, 0.4) is 0 Å². The molecule has 5 nitrogen and oxygen atoms in total. The normalized spacial score (nSPS) is 21.4. The third kappa shape index (κ3) is 4.68. The number of carbonyl (C=O) groups excluding carboxylic acids is 1. The van der Waals surface area contributed by atoms with Gasteiger partial charge < -0.3 is 10.5 Å². The van der Waals surface area contributed by atoms with Gasteiger partial charge in [-0.25, -0.2) is 14.2 Å². The number of urea groups is 1. The second-order valence-electron chi connectivity index (χ2n) is 5.33. The van der Waals surface area contributed by atoms with Crippen LogP contribution in [0.25, 0.3) is 0 Å². The Labute approximate surface area is 123 Å². The van der Waals surface area contributed by atoms with E-state index in [1.165, 1.54) is 12.1 Å². The minimum absolute atomic E-state index is 0.0376. The molecule has 1 aromatic carbocycles. The van der Waals surface area contributed by atoms with Crippen molar-refractivity contribution in [2.45, 2.75) is 44.3 Å². The summed E-state index contributed by atoms with van der Waals surface area (Å²) in [5.74, 6) is -0.240. The maximum absolute atomic E-state index is 12.9. The van der Waals surface area contributed by atoms with Crippen molar-refractivity contribution < 1.29 is 19.1 Å². The van der Waals surface area contributed by atoms with Crippen LogP contribution in [0.15, 0.2) is 24.3 Å². The van der Waals surface area contributed by atoms with Gasteiger partial charge in [0.25, 0.3) is 0 Å². The summed E-state index contributed by atoms with van der Waals surface area (Å²) in [7, 11) is 0. The molecular formula is C15H21FN2O3.